The number of carbonyl (C=O) groups excluding carboxylic acids is 1. The molecule has 0 fully saturated rings. The lowest BCUT2D eigenvalue weighted by molar-refractivity contribution is 0.0953. The van der Waals surface area contributed by atoms with Gasteiger partial charge in [0.1, 0.15) is 18.1 Å². The van der Waals surface area contributed by atoms with Gasteiger partial charge in [0, 0.05) is 17.7 Å². The summed E-state index contributed by atoms with van der Waals surface area (Å²) in [5, 5.41) is 2.94. The maximum Gasteiger partial charge on any atom is 0.251 e. The second-order valence-electron chi connectivity index (χ2n) is 5.97. The minimum absolute atomic E-state index is 0.0618. The summed E-state index contributed by atoms with van der Waals surface area (Å²) >= 11 is 0. The third-order valence-corrected chi connectivity index (χ3v) is 3.82. The zero-order valence-corrected chi connectivity index (χ0v) is 15.3. The Balaban J connectivity index is 2.12. The smallest absolute Gasteiger partial charge is 0.251 e. The van der Waals surface area contributed by atoms with Crippen LogP contribution in [-0.2, 0) is 6.61 Å². The second kappa shape index (κ2) is 9.72. The number of ether oxygens (including phenoxy) is 2. The van der Waals surface area contributed by atoms with Crippen molar-refractivity contribution in [2.75, 3.05) is 13.2 Å². The topological polar surface area (TPSA) is 47.6 Å². The highest BCUT2D eigenvalue weighted by molar-refractivity contribution is 5.94. The van der Waals surface area contributed by atoms with E-state index in [-0.39, 0.29) is 5.91 Å². The molecule has 0 aliphatic rings. The van der Waals surface area contributed by atoms with Crippen LogP contribution >= 0.6 is 0 Å². The molecule has 0 aliphatic carbocycles. The lowest BCUT2D eigenvalue weighted by Gasteiger charge is -2.14. The van der Waals surface area contributed by atoms with Crippen molar-refractivity contribution in [1.82, 2.24) is 5.32 Å². The summed E-state index contributed by atoms with van der Waals surface area (Å²) in [6.45, 7) is 7.69. The monoisotopic (exact) mass is 341 g/mol. The molecule has 2 rings (SSSR count). The quantitative estimate of drug-likeness (QED) is 0.683. The number of benzene rings is 2. The first-order valence-electron chi connectivity index (χ1n) is 8.87. The predicted octanol–water partition coefficient (Wildman–Crippen LogP) is 4.50. The van der Waals surface area contributed by atoms with Crippen LogP contribution < -0.4 is 14.8 Å². The Bertz CT molecular complexity index is 697. The molecule has 1 N–H and O–H groups in total. The third kappa shape index (κ3) is 5.82. The third-order valence-electron chi connectivity index (χ3n) is 3.82. The summed E-state index contributed by atoms with van der Waals surface area (Å²) in [6, 6.07) is 13.4. The summed E-state index contributed by atoms with van der Waals surface area (Å²) in [5.41, 5.74) is 2.64. The van der Waals surface area contributed by atoms with Gasteiger partial charge in [-0.2, -0.15) is 0 Å². The molecule has 0 saturated heterocycles. The lowest BCUT2D eigenvalue weighted by Crippen LogP contribution is -2.24. The first kappa shape index (κ1) is 18.8. The van der Waals surface area contributed by atoms with Crippen LogP contribution in [0.5, 0.6) is 11.5 Å². The molecule has 0 heterocycles. The van der Waals surface area contributed by atoms with Crippen LogP contribution in [0.15, 0.2) is 42.5 Å². The fourth-order valence-electron chi connectivity index (χ4n) is 2.48. The molecular formula is C21H27NO3. The number of nitrogens with one attached hydrogen (secondary N) is 1. The fourth-order valence-corrected chi connectivity index (χ4v) is 2.48. The van der Waals surface area contributed by atoms with E-state index in [1.165, 1.54) is 0 Å². The van der Waals surface area contributed by atoms with E-state index >= 15 is 0 Å². The molecule has 0 spiro atoms. The van der Waals surface area contributed by atoms with Crippen molar-refractivity contribution < 1.29 is 14.3 Å². The molecule has 4 heteroatoms. The van der Waals surface area contributed by atoms with Crippen molar-refractivity contribution in [2.24, 2.45) is 0 Å². The Morgan fingerprint density at radius 3 is 2.64 bits per heavy atom. The molecule has 25 heavy (non-hydrogen) atoms. The summed E-state index contributed by atoms with van der Waals surface area (Å²) in [7, 11) is 0. The van der Waals surface area contributed by atoms with Crippen LogP contribution in [0.2, 0.25) is 0 Å². The Labute approximate surface area is 150 Å². The fraction of sp³-hybridized carbons (Fsp3) is 0.381. The van der Waals surface area contributed by atoms with Gasteiger partial charge in [0.05, 0.1) is 6.61 Å². The summed E-state index contributed by atoms with van der Waals surface area (Å²) < 4.78 is 11.6. The van der Waals surface area contributed by atoms with E-state index in [0.29, 0.717) is 25.3 Å². The average molecular weight is 341 g/mol. The average Bonchev–Trinajstić information content (AvgIpc) is 2.61. The van der Waals surface area contributed by atoms with Gasteiger partial charge in [0.25, 0.3) is 5.91 Å². The number of aryl methyl sites for hydroxylation is 1. The molecule has 0 atom stereocenters. The van der Waals surface area contributed by atoms with Crippen molar-refractivity contribution >= 4 is 5.91 Å². The van der Waals surface area contributed by atoms with Crippen LogP contribution in [0.1, 0.15) is 48.2 Å². The maximum absolute atomic E-state index is 12.3. The van der Waals surface area contributed by atoms with E-state index < -0.39 is 0 Å². The zero-order valence-electron chi connectivity index (χ0n) is 15.3. The molecule has 0 aliphatic heterocycles. The molecule has 1 amide bonds. The van der Waals surface area contributed by atoms with Crippen LogP contribution in [0.3, 0.4) is 0 Å². The number of hydrogen-bond donors (Lipinski definition) is 1. The van der Waals surface area contributed by atoms with Gasteiger partial charge in [0.15, 0.2) is 0 Å². The molecule has 0 radical (unpaired) electrons. The van der Waals surface area contributed by atoms with E-state index in [4.69, 9.17) is 9.47 Å². The second-order valence-corrected chi connectivity index (χ2v) is 5.97. The predicted molar refractivity (Wildman–Crippen MR) is 100 cm³/mol. The van der Waals surface area contributed by atoms with Gasteiger partial charge in [-0.05, 0) is 56.2 Å². The summed E-state index contributed by atoms with van der Waals surface area (Å²) in [5.74, 6) is 1.49. The molecule has 0 saturated carbocycles. The molecule has 4 nitrogen and oxygen atoms in total. The van der Waals surface area contributed by atoms with Crippen molar-refractivity contribution in [3.8, 4) is 11.5 Å². The SMILES string of the molecule is CCCCNC(=O)c1ccc(OCC)c(COc2cccc(C)c2)c1. The number of rotatable bonds is 9. The number of carbonyl (C=O) groups is 1. The summed E-state index contributed by atoms with van der Waals surface area (Å²) in [6.07, 6.45) is 2.03. The van der Waals surface area contributed by atoms with Gasteiger partial charge in [-0.3, -0.25) is 4.79 Å². The van der Waals surface area contributed by atoms with Crippen LogP contribution in [0.4, 0.5) is 0 Å². The molecule has 2 aromatic carbocycles. The van der Waals surface area contributed by atoms with E-state index in [0.717, 1.165) is 35.5 Å². The zero-order chi connectivity index (χ0) is 18.1. The lowest BCUT2D eigenvalue weighted by atomic mass is 10.1. The molecule has 0 bridgehead atoms. The van der Waals surface area contributed by atoms with Crippen molar-refractivity contribution in [1.29, 1.82) is 0 Å². The van der Waals surface area contributed by atoms with Crippen LogP contribution in [0, 0.1) is 6.92 Å². The van der Waals surface area contributed by atoms with Crippen molar-refractivity contribution in [3.05, 3.63) is 59.2 Å². The highest BCUT2D eigenvalue weighted by atomic mass is 16.5. The Morgan fingerprint density at radius 1 is 1.08 bits per heavy atom. The van der Waals surface area contributed by atoms with Gasteiger partial charge < -0.3 is 14.8 Å². The molecule has 0 aromatic heterocycles. The van der Waals surface area contributed by atoms with E-state index in [9.17, 15) is 4.79 Å². The van der Waals surface area contributed by atoms with Crippen molar-refractivity contribution in [2.45, 2.75) is 40.2 Å². The van der Waals surface area contributed by atoms with Gasteiger partial charge in [-0.25, -0.2) is 0 Å². The normalized spacial score (nSPS) is 10.4. The number of amides is 1. The van der Waals surface area contributed by atoms with Gasteiger partial charge >= 0.3 is 0 Å². The first-order valence-corrected chi connectivity index (χ1v) is 8.87. The van der Waals surface area contributed by atoms with Crippen LogP contribution in [-0.4, -0.2) is 19.1 Å². The largest absolute Gasteiger partial charge is 0.493 e. The number of unbranched alkanes of at least 4 members (excludes halogenated alkanes) is 1. The Morgan fingerprint density at radius 2 is 1.92 bits per heavy atom. The minimum atomic E-state index is -0.0618. The van der Waals surface area contributed by atoms with Crippen LogP contribution in [0.25, 0.3) is 0 Å². The van der Waals surface area contributed by atoms with Gasteiger partial charge in [-0.15, -0.1) is 0 Å². The Hall–Kier alpha value is -2.49. The maximum atomic E-state index is 12.3. The summed E-state index contributed by atoms with van der Waals surface area (Å²) in [4.78, 5) is 12.3. The molecule has 134 valence electrons. The van der Waals surface area contributed by atoms with Gasteiger partial charge in [0.2, 0.25) is 0 Å². The van der Waals surface area contributed by atoms with Gasteiger partial charge in [-0.1, -0.05) is 25.5 Å². The van der Waals surface area contributed by atoms with Crippen molar-refractivity contribution in [3.63, 3.8) is 0 Å². The first-order chi connectivity index (χ1) is 12.1. The molecule has 0 unspecified atom stereocenters. The number of hydrogen-bond acceptors (Lipinski definition) is 3. The van der Waals surface area contributed by atoms with E-state index in [2.05, 4.69) is 12.2 Å². The molecule has 2 aromatic rings. The molecular weight excluding hydrogens is 314 g/mol. The minimum Gasteiger partial charge on any atom is -0.493 e. The highest BCUT2D eigenvalue weighted by Crippen LogP contribution is 2.23. The standard InChI is InChI=1S/C21H27NO3/c1-4-6-12-22-21(23)17-10-11-20(24-5-2)18(14-17)15-25-19-9-7-8-16(3)13-19/h7-11,13-14H,4-6,12,15H2,1-3H3,(H,22,23). The highest BCUT2D eigenvalue weighted by Gasteiger charge is 2.11. The van der Waals surface area contributed by atoms with E-state index in [1.54, 1.807) is 6.07 Å². The Kier molecular flexibility index (Phi) is 7.33. The van der Waals surface area contributed by atoms with E-state index in [1.807, 2.05) is 50.2 Å².